The van der Waals surface area contributed by atoms with Crippen molar-refractivity contribution in [2.75, 3.05) is 46.4 Å². The summed E-state index contributed by atoms with van der Waals surface area (Å²) in [7, 11) is 1.92. The van der Waals surface area contributed by atoms with Crippen molar-refractivity contribution in [2.24, 2.45) is 5.73 Å². The van der Waals surface area contributed by atoms with Gasteiger partial charge >= 0.3 is 0 Å². The van der Waals surface area contributed by atoms with Crippen molar-refractivity contribution in [3.63, 3.8) is 0 Å². The van der Waals surface area contributed by atoms with Crippen LogP contribution in [0.2, 0.25) is 0 Å². The highest BCUT2D eigenvalue weighted by Crippen LogP contribution is 2.21. The van der Waals surface area contributed by atoms with Crippen LogP contribution in [0.15, 0.2) is 24.3 Å². The number of para-hydroxylation sites is 1. The molecule has 1 aliphatic heterocycles. The predicted octanol–water partition coefficient (Wildman–Crippen LogP) is 0.553. The van der Waals surface area contributed by atoms with Gasteiger partial charge in [-0.15, -0.1) is 0 Å². The Morgan fingerprint density at radius 1 is 1.35 bits per heavy atom. The summed E-state index contributed by atoms with van der Waals surface area (Å²) in [6.45, 7) is 3.31. The molecule has 1 amide bonds. The quantitative estimate of drug-likeness (QED) is 0.767. The molecule has 3 N–H and O–H groups in total. The van der Waals surface area contributed by atoms with Crippen molar-refractivity contribution < 1.29 is 14.6 Å². The van der Waals surface area contributed by atoms with Crippen molar-refractivity contribution in [3.8, 4) is 5.75 Å². The second kappa shape index (κ2) is 8.86. The lowest BCUT2D eigenvalue weighted by atomic mass is 10.0. The number of benzene rings is 1. The molecule has 0 saturated carbocycles. The van der Waals surface area contributed by atoms with Crippen LogP contribution in [-0.4, -0.2) is 73.3 Å². The van der Waals surface area contributed by atoms with Gasteiger partial charge in [0.15, 0.2) is 0 Å². The van der Waals surface area contributed by atoms with Crippen molar-refractivity contribution in [1.29, 1.82) is 0 Å². The van der Waals surface area contributed by atoms with Gasteiger partial charge in [0.1, 0.15) is 12.4 Å². The van der Waals surface area contributed by atoms with E-state index in [9.17, 15) is 4.79 Å². The largest absolute Gasteiger partial charge is 0.491 e. The number of likely N-dealkylation sites (tertiary alicyclic amines) is 1. The second-order valence-corrected chi connectivity index (χ2v) is 6.00. The van der Waals surface area contributed by atoms with E-state index < -0.39 is 0 Å². The molecule has 6 nitrogen and oxygen atoms in total. The first kappa shape index (κ1) is 17.7. The highest BCUT2D eigenvalue weighted by molar-refractivity contribution is 5.97. The molecule has 1 aromatic carbocycles. The average molecular weight is 321 g/mol. The maximum absolute atomic E-state index is 12.7. The topological polar surface area (TPSA) is 79.0 Å². The van der Waals surface area contributed by atoms with Crippen molar-refractivity contribution in [2.45, 2.75) is 18.9 Å². The number of amides is 1. The van der Waals surface area contributed by atoms with E-state index in [4.69, 9.17) is 15.6 Å². The Labute approximate surface area is 137 Å². The first-order valence-electron chi connectivity index (χ1n) is 8.18. The number of piperidine rings is 1. The summed E-state index contributed by atoms with van der Waals surface area (Å²) in [5.74, 6) is 0.626. The van der Waals surface area contributed by atoms with Gasteiger partial charge in [-0.1, -0.05) is 12.1 Å². The summed E-state index contributed by atoms with van der Waals surface area (Å²) < 4.78 is 5.79. The second-order valence-electron chi connectivity index (χ2n) is 6.00. The van der Waals surface area contributed by atoms with Crippen LogP contribution in [0.5, 0.6) is 5.75 Å². The molecular weight excluding hydrogens is 294 g/mol. The van der Waals surface area contributed by atoms with Crippen molar-refractivity contribution >= 4 is 5.91 Å². The highest BCUT2D eigenvalue weighted by atomic mass is 16.5. The van der Waals surface area contributed by atoms with Crippen LogP contribution in [0, 0.1) is 0 Å². The Morgan fingerprint density at radius 2 is 2.04 bits per heavy atom. The Kier molecular flexibility index (Phi) is 6.83. The number of carbonyl (C=O) groups excluding carboxylic acids is 1. The average Bonchev–Trinajstić information content (AvgIpc) is 2.56. The van der Waals surface area contributed by atoms with Crippen LogP contribution in [0.4, 0.5) is 0 Å². The number of nitrogens with two attached hydrogens (primary N) is 1. The SMILES string of the molecule is CN(CCO)CCOc1ccccc1C(=O)N1CCC(N)CC1. The molecule has 0 spiro atoms. The summed E-state index contributed by atoms with van der Waals surface area (Å²) in [6, 6.07) is 7.56. The van der Waals surface area contributed by atoms with Crippen LogP contribution in [0.25, 0.3) is 0 Å². The highest BCUT2D eigenvalue weighted by Gasteiger charge is 2.23. The van der Waals surface area contributed by atoms with Gasteiger partial charge in [0.05, 0.1) is 12.2 Å². The predicted molar refractivity (Wildman–Crippen MR) is 89.6 cm³/mol. The number of carbonyl (C=O) groups is 1. The lowest BCUT2D eigenvalue weighted by Gasteiger charge is -2.30. The maximum Gasteiger partial charge on any atom is 0.257 e. The first-order chi connectivity index (χ1) is 11.1. The van der Waals surface area contributed by atoms with Crippen molar-refractivity contribution in [1.82, 2.24) is 9.80 Å². The van der Waals surface area contributed by atoms with Gasteiger partial charge in [0.2, 0.25) is 0 Å². The van der Waals surface area contributed by atoms with Gasteiger partial charge in [-0.25, -0.2) is 0 Å². The molecule has 1 aliphatic rings. The number of nitrogens with zero attached hydrogens (tertiary/aromatic N) is 2. The molecule has 0 aliphatic carbocycles. The zero-order valence-corrected chi connectivity index (χ0v) is 13.8. The number of hydrogen-bond acceptors (Lipinski definition) is 5. The summed E-state index contributed by atoms with van der Waals surface area (Å²) in [4.78, 5) is 16.5. The fourth-order valence-electron chi connectivity index (χ4n) is 2.64. The smallest absolute Gasteiger partial charge is 0.257 e. The zero-order chi connectivity index (χ0) is 16.7. The first-order valence-corrected chi connectivity index (χ1v) is 8.18. The maximum atomic E-state index is 12.7. The summed E-state index contributed by atoms with van der Waals surface area (Å²) in [5, 5.41) is 8.89. The van der Waals surface area contributed by atoms with Crippen LogP contribution in [0.1, 0.15) is 23.2 Å². The minimum atomic E-state index is 0.0104. The number of likely N-dealkylation sites (N-methyl/N-ethyl adjacent to an activating group) is 1. The number of hydrogen-bond donors (Lipinski definition) is 2. The molecular formula is C17H27N3O3. The molecule has 1 fully saturated rings. The fourth-order valence-corrected chi connectivity index (χ4v) is 2.64. The van der Waals surface area contributed by atoms with E-state index in [2.05, 4.69) is 0 Å². The third kappa shape index (κ3) is 5.20. The van der Waals surface area contributed by atoms with Crippen LogP contribution < -0.4 is 10.5 Å². The molecule has 0 atom stereocenters. The molecule has 1 saturated heterocycles. The number of ether oxygens (including phenoxy) is 1. The molecule has 0 unspecified atom stereocenters. The van der Waals surface area contributed by atoms with E-state index in [1.165, 1.54) is 0 Å². The Bertz CT molecular complexity index is 502. The fraction of sp³-hybridized carbons (Fsp3) is 0.588. The molecule has 2 rings (SSSR count). The van der Waals surface area contributed by atoms with E-state index in [-0.39, 0.29) is 18.6 Å². The van der Waals surface area contributed by atoms with Gasteiger partial charge < -0.3 is 25.4 Å². The van der Waals surface area contributed by atoms with Gasteiger partial charge in [-0.3, -0.25) is 4.79 Å². The summed E-state index contributed by atoms with van der Waals surface area (Å²) in [5.41, 5.74) is 6.50. The molecule has 23 heavy (non-hydrogen) atoms. The van der Waals surface area contributed by atoms with E-state index in [0.717, 1.165) is 12.8 Å². The Morgan fingerprint density at radius 3 is 2.74 bits per heavy atom. The van der Waals surface area contributed by atoms with E-state index in [1.54, 1.807) is 0 Å². The lowest BCUT2D eigenvalue weighted by molar-refractivity contribution is 0.0710. The minimum Gasteiger partial charge on any atom is -0.491 e. The zero-order valence-electron chi connectivity index (χ0n) is 13.8. The van der Waals surface area contributed by atoms with Crippen molar-refractivity contribution in [3.05, 3.63) is 29.8 Å². The molecule has 128 valence electrons. The number of aliphatic hydroxyl groups excluding tert-OH is 1. The molecule has 1 heterocycles. The lowest BCUT2D eigenvalue weighted by Crippen LogP contribution is -2.43. The molecule has 1 aromatic rings. The monoisotopic (exact) mass is 321 g/mol. The van der Waals surface area contributed by atoms with Gasteiger partial charge in [0, 0.05) is 32.2 Å². The minimum absolute atomic E-state index is 0.0104. The molecule has 0 bridgehead atoms. The van der Waals surface area contributed by atoms with E-state index >= 15 is 0 Å². The van der Waals surface area contributed by atoms with E-state index in [1.807, 2.05) is 41.1 Å². The summed E-state index contributed by atoms with van der Waals surface area (Å²) in [6.07, 6.45) is 1.70. The molecule has 0 radical (unpaired) electrons. The van der Waals surface area contributed by atoms with Gasteiger partial charge in [-0.2, -0.15) is 0 Å². The third-order valence-corrected chi connectivity index (χ3v) is 4.16. The van der Waals surface area contributed by atoms with Crippen LogP contribution >= 0.6 is 0 Å². The van der Waals surface area contributed by atoms with Crippen LogP contribution in [-0.2, 0) is 0 Å². The molecule has 0 aromatic heterocycles. The van der Waals surface area contributed by atoms with E-state index in [0.29, 0.717) is 44.1 Å². The standard InChI is InChI=1S/C17H27N3O3/c1-19(10-12-21)11-13-23-16-5-3-2-4-15(16)17(22)20-8-6-14(18)7-9-20/h2-5,14,21H,6-13,18H2,1H3. The third-order valence-electron chi connectivity index (χ3n) is 4.16. The number of rotatable bonds is 7. The van der Waals surface area contributed by atoms with Crippen LogP contribution in [0.3, 0.4) is 0 Å². The number of aliphatic hydroxyl groups is 1. The Hall–Kier alpha value is -1.63. The van der Waals surface area contributed by atoms with Gasteiger partial charge in [-0.05, 0) is 32.0 Å². The molecule has 6 heteroatoms. The normalized spacial score (nSPS) is 15.9. The van der Waals surface area contributed by atoms with Gasteiger partial charge in [0.25, 0.3) is 5.91 Å². The summed E-state index contributed by atoms with van der Waals surface area (Å²) >= 11 is 0. The Balaban J connectivity index is 1.95.